The highest BCUT2D eigenvalue weighted by Crippen LogP contribution is 2.15. The van der Waals surface area contributed by atoms with Crippen molar-refractivity contribution in [2.45, 2.75) is 13.0 Å². The van der Waals surface area contributed by atoms with Crippen molar-refractivity contribution in [2.75, 3.05) is 47.4 Å². The minimum atomic E-state index is -0.620. The fourth-order valence-corrected chi connectivity index (χ4v) is 2.02. The summed E-state index contributed by atoms with van der Waals surface area (Å²) in [6.45, 7) is 3.82. The van der Waals surface area contributed by atoms with Gasteiger partial charge in [-0.15, -0.1) is 24.0 Å². The first-order chi connectivity index (χ1) is 11.1. The van der Waals surface area contributed by atoms with E-state index in [-0.39, 0.29) is 29.7 Å². The number of rotatable bonds is 9. The molecular formula is C16H28FIN4O2. The van der Waals surface area contributed by atoms with Gasteiger partial charge < -0.3 is 25.4 Å². The number of aliphatic imine (C=N–C) groups is 1. The largest absolute Gasteiger partial charge is 0.505 e. The highest BCUT2D eigenvalue weighted by atomic mass is 127. The third kappa shape index (κ3) is 9.24. The van der Waals surface area contributed by atoms with Crippen LogP contribution < -0.4 is 10.6 Å². The summed E-state index contributed by atoms with van der Waals surface area (Å²) in [4.78, 5) is 6.35. The average Bonchev–Trinajstić information content (AvgIpc) is 2.54. The number of benzene rings is 1. The van der Waals surface area contributed by atoms with Crippen LogP contribution in [0.2, 0.25) is 0 Å². The monoisotopic (exact) mass is 454 g/mol. The summed E-state index contributed by atoms with van der Waals surface area (Å²) in [5.41, 5.74) is 0.736. The van der Waals surface area contributed by atoms with Gasteiger partial charge in [-0.3, -0.25) is 4.99 Å². The first kappa shape index (κ1) is 22.9. The first-order valence-corrected chi connectivity index (χ1v) is 7.66. The molecule has 0 fully saturated rings. The maximum Gasteiger partial charge on any atom is 0.191 e. The molecule has 0 saturated heterocycles. The zero-order chi connectivity index (χ0) is 17.1. The van der Waals surface area contributed by atoms with Crippen LogP contribution in [0.25, 0.3) is 0 Å². The number of nitrogens with zero attached hydrogens (tertiary/aromatic N) is 2. The van der Waals surface area contributed by atoms with Crippen LogP contribution in [0.5, 0.6) is 5.75 Å². The number of ether oxygens (including phenoxy) is 1. The minimum absolute atomic E-state index is 0. The van der Waals surface area contributed by atoms with Gasteiger partial charge in [0.2, 0.25) is 0 Å². The van der Waals surface area contributed by atoms with Gasteiger partial charge in [-0.2, -0.15) is 0 Å². The Morgan fingerprint density at radius 3 is 2.71 bits per heavy atom. The molecule has 3 N–H and O–H groups in total. The predicted octanol–water partition coefficient (Wildman–Crippen LogP) is 1.78. The molecule has 6 nitrogen and oxygen atoms in total. The van der Waals surface area contributed by atoms with Crippen LogP contribution in [0.15, 0.2) is 23.2 Å². The van der Waals surface area contributed by atoms with Crippen LogP contribution >= 0.6 is 24.0 Å². The van der Waals surface area contributed by atoms with Crippen molar-refractivity contribution in [1.29, 1.82) is 0 Å². The summed E-state index contributed by atoms with van der Waals surface area (Å²) >= 11 is 0. The highest BCUT2D eigenvalue weighted by Gasteiger charge is 2.03. The van der Waals surface area contributed by atoms with Crippen molar-refractivity contribution in [1.82, 2.24) is 15.5 Å². The standard InChI is InChI=1S/C16H27FN4O2.HI/c1-18-16(19-7-9-21(2)8-4-10-23-3)20-12-13-5-6-15(22)14(17)11-13;/h5-6,11,22H,4,7-10,12H2,1-3H3,(H2,18,19,20);1H. The second kappa shape index (κ2) is 13.2. The molecule has 1 aromatic carbocycles. The second-order valence-electron chi connectivity index (χ2n) is 5.29. The number of guanidine groups is 1. The van der Waals surface area contributed by atoms with Gasteiger partial charge in [0.15, 0.2) is 17.5 Å². The van der Waals surface area contributed by atoms with Crippen molar-refractivity contribution in [2.24, 2.45) is 4.99 Å². The van der Waals surface area contributed by atoms with E-state index in [0.717, 1.165) is 38.2 Å². The Morgan fingerprint density at radius 1 is 1.33 bits per heavy atom. The van der Waals surface area contributed by atoms with E-state index in [1.807, 2.05) is 0 Å². The van der Waals surface area contributed by atoms with Crippen molar-refractivity contribution < 1.29 is 14.2 Å². The Labute approximate surface area is 160 Å². The van der Waals surface area contributed by atoms with Crippen LogP contribution in [0.4, 0.5) is 4.39 Å². The molecule has 0 bridgehead atoms. The molecule has 0 unspecified atom stereocenters. The van der Waals surface area contributed by atoms with Crippen molar-refractivity contribution in [3.63, 3.8) is 0 Å². The van der Waals surface area contributed by atoms with Gasteiger partial charge in [-0.05, 0) is 31.2 Å². The summed E-state index contributed by atoms with van der Waals surface area (Å²) < 4.78 is 18.3. The van der Waals surface area contributed by atoms with Crippen molar-refractivity contribution in [3.8, 4) is 5.75 Å². The van der Waals surface area contributed by atoms with Crippen molar-refractivity contribution in [3.05, 3.63) is 29.6 Å². The molecule has 0 aliphatic rings. The molecule has 1 rings (SSSR count). The van der Waals surface area contributed by atoms with Crippen LogP contribution in [-0.4, -0.2) is 63.4 Å². The Morgan fingerprint density at radius 2 is 2.08 bits per heavy atom. The van der Waals surface area contributed by atoms with E-state index in [2.05, 4.69) is 27.6 Å². The van der Waals surface area contributed by atoms with E-state index in [9.17, 15) is 4.39 Å². The topological polar surface area (TPSA) is 69.1 Å². The van der Waals surface area contributed by atoms with E-state index >= 15 is 0 Å². The third-order valence-corrected chi connectivity index (χ3v) is 3.37. The molecule has 0 amide bonds. The van der Waals surface area contributed by atoms with E-state index in [0.29, 0.717) is 12.5 Å². The van der Waals surface area contributed by atoms with E-state index in [1.165, 1.54) is 12.1 Å². The zero-order valence-electron chi connectivity index (χ0n) is 14.5. The fraction of sp³-hybridized carbons (Fsp3) is 0.562. The zero-order valence-corrected chi connectivity index (χ0v) is 16.8. The second-order valence-corrected chi connectivity index (χ2v) is 5.29. The number of nitrogens with one attached hydrogen (secondary N) is 2. The van der Waals surface area contributed by atoms with E-state index in [4.69, 9.17) is 9.84 Å². The van der Waals surface area contributed by atoms with Crippen molar-refractivity contribution >= 4 is 29.9 Å². The van der Waals surface area contributed by atoms with Gasteiger partial charge in [0, 0.05) is 46.9 Å². The molecule has 0 atom stereocenters. The molecule has 8 heteroatoms. The molecule has 138 valence electrons. The third-order valence-electron chi connectivity index (χ3n) is 3.37. The SMILES string of the molecule is CN=C(NCCN(C)CCCOC)NCc1ccc(O)c(F)c1.I. The lowest BCUT2D eigenvalue weighted by molar-refractivity contribution is 0.180. The van der Waals surface area contributed by atoms with Gasteiger partial charge in [0.1, 0.15) is 0 Å². The van der Waals surface area contributed by atoms with Gasteiger partial charge >= 0.3 is 0 Å². The molecule has 0 heterocycles. The van der Waals surface area contributed by atoms with Gasteiger partial charge in [-0.25, -0.2) is 4.39 Å². The number of likely N-dealkylation sites (N-methyl/N-ethyl adjacent to an activating group) is 1. The summed E-state index contributed by atoms with van der Waals surface area (Å²) in [6.07, 6.45) is 1.01. The summed E-state index contributed by atoms with van der Waals surface area (Å²) in [6, 6.07) is 4.32. The van der Waals surface area contributed by atoms with E-state index in [1.54, 1.807) is 20.2 Å². The molecular weight excluding hydrogens is 426 g/mol. The molecule has 24 heavy (non-hydrogen) atoms. The summed E-state index contributed by atoms with van der Waals surface area (Å²) in [5.74, 6) is -0.304. The molecule has 1 aromatic rings. The number of methoxy groups -OCH3 is 1. The number of halogens is 2. The molecule has 0 aliphatic carbocycles. The lowest BCUT2D eigenvalue weighted by Crippen LogP contribution is -2.40. The minimum Gasteiger partial charge on any atom is -0.505 e. The average molecular weight is 454 g/mol. The number of hydrogen-bond acceptors (Lipinski definition) is 4. The van der Waals surface area contributed by atoms with Crippen LogP contribution in [0, 0.1) is 5.82 Å². The maximum atomic E-state index is 13.3. The Balaban J connectivity index is 0.00000529. The Hall–Kier alpha value is -1.13. The smallest absolute Gasteiger partial charge is 0.191 e. The van der Waals surface area contributed by atoms with Crippen LogP contribution in [-0.2, 0) is 11.3 Å². The number of phenols is 1. The molecule has 0 saturated carbocycles. The number of hydrogen-bond donors (Lipinski definition) is 3. The summed E-state index contributed by atoms with van der Waals surface area (Å²) in [7, 11) is 5.46. The molecule has 0 radical (unpaired) electrons. The Kier molecular flexibility index (Phi) is 12.6. The maximum absolute atomic E-state index is 13.3. The molecule has 0 aromatic heterocycles. The Bertz CT molecular complexity index is 503. The quantitative estimate of drug-likeness (QED) is 0.230. The van der Waals surface area contributed by atoms with Gasteiger partial charge in [0.05, 0.1) is 0 Å². The number of phenolic OH excluding ortho intramolecular Hbond substituents is 1. The predicted molar refractivity (Wildman–Crippen MR) is 106 cm³/mol. The lowest BCUT2D eigenvalue weighted by Gasteiger charge is -2.18. The van der Waals surface area contributed by atoms with E-state index < -0.39 is 5.82 Å². The fourth-order valence-electron chi connectivity index (χ4n) is 2.02. The van der Waals surface area contributed by atoms with Gasteiger partial charge in [0.25, 0.3) is 0 Å². The first-order valence-electron chi connectivity index (χ1n) is 7.66. The van der Waals surface area contributed by atoms with Gasteiger partial charge in [-0.1, -0.05) is 6.07 Å². The van der Waals surface area contributed by atoms with Crippen LogP contribution in [0.3, 0.4) is 0 Å². The van der Waals surface area contributed by atoms with Crippen LogP contribution in [0.1, 0.15) is 12.0 Å². The molecule has 0 aliphatic heterocycles. The lowest BCUT2D eigenvalue weighted by atomic mass is 10.2. The summed E-state index contributed by atoms with van der Waals surface area (Å²) in [5, 5.41) is 15.5. The highest BCUT2D eigenvalue weighted by molar-refractivity contribution is 14.0. The number of aromatic hydroxyl groups is 1. The normalized spacial score (nSPS) is 11.3. The molecule has 0 spiro atoms.